The average Bonchev–Trinajstić information content (AvgIpc) is 2.32. The molecule has 4 heteroatoms. The Morgan fingerprint density at radius 1 is 1.53 bits per heavy atom. The van der Waals surface area contributed by atoms with Crippen LogP contribution in [-0.2, 0) is 0 Å². The summed E-state index contributed by atoms with van der Waals surface area (Å²) in [5, 5.41) is 0.692. The van der Waals surface area contributed by atoms with Crippen molar-refractivity contribution in [3.05, 3.63) is 18.2 Å². The second kappa shape index (κ2) is 5.54. The van der Waals surface area contributed by atoms with Crippen LogP contribution in [0.5, 0.6) is 5.75 Å². The molecule has 94 valence electrons. The number of ether oxygens (including phenoxy) is 1. The smallest absolute Gasteiger partial charge is 0.144 e. The highest BCUT2D eigenvalue weighted by molar-refractivity contribution is 8.00. The average molecular weight is 252 g/mol. The van der Waals surface area contributed by atoms with Crippen molar-refractivity contribution in [2.24, 2.45) is 0 Å². The summed E-state index contributed by atoms with van der Waals surface area (Å²) >= 11 is 2.04. The van der Waals surface area contributed by atoms with Crippen LogP contribution < -0.4 is 15.4 Å². The summed E-state index contributed by atoms with van der Waals surface area (Å²) in [5.41, 5.74) is 7.82. The Bertz CT molecular complexity index is 384. The zero-order valence-corrected chi connectivity index (χ0v) is 11.3. The molecule has 0 spiro atoms. The lowest BCUT2D eigenvalue weighted by molar-refractivity contribution is 0.342. The number of rotatable bonds is 3. The number of benzene rings is 1. The van der Waals surface area contributed by atoms with Gasteiger partial charge in [0.2, 0.25) is 0 Å². The van der Waals surface area contributed by atoms with E-state index in [0.717, 1.165) is 24.5 Å². The summed E-state index contributed by atoms with van der Waals surface area (Å²) in [6.07, 6.45) is 0. The number of nitrogens with two attached hydrogens (primary N) is 1. The molecule has 1 aromatic rings. The molecule has 0 saturated carbocycles. The fraction of sp³-hybridized carbons (Fsp3) is 0.538. The van der Waals surface area contributed by atoms with E-state index in [4.69, 9.17) is 10.5 Å². The van der Waals surface area contributed by atoms with E-state index in [2.05, 4.69) is 24.0 Å². The van der Waals surface area contributed by atoms with E-state index in [9.17, 15) is 0 Å². The highest BCUT2D eigenvalue weighted by Gasteiger charge is 2.17. The molecule has 3 nitrogen and oxygen atoms in total. The fourth-order valence-corrected chi connectivity index (χ4v) is 3.07. The molecule has 1 aliphatic rings. The molecule has 1 fully saturated rings. The zero-order valence-electron chi connectivity index (χ0n) is 10.5. The van der Waals surface area contributed by atoms with Crippen molar-refractivity contribution in [3.8, 4) is 5.75 Å². The Balaban J connectivity index is 2.17. The minimum Gasteiger partial charge on any atom is -0.492 e. The maximum Gasteiger partial charge on any atom is 0.144 e. The standard InChI is InChI=1S/C13H20N2OS/c1-3-16-13-8-11(4-5-12(13)14)15-6-7-17-10(2)9-15/h4-5,8,10H,3,6-7,9,14H2,1-2H3. The van der Waals surface area contributed by atoms with Crippen LogP contribution in [-0.4, -0.2) is 30.7 Å². The Morgan fingerprint density at radius 3 is 3.06 bits per heavy atom. The van der Waals surface area contributed by atoms with Gasteiger partial charge < -0.3 is 15.4 Å². The second-order valence-corrected chi connectivity index (χ2v) is 5.83. The van der Waals surface area contributed by atoms with Crippen molar-refractivity contribution in [1.29, 1.82) is 0 Å². The van der Waals surface area contributed by atoms with Crippen LogP contribution >= 0.6 is 11.8 Å². The van der Waals surface area contributed by atoms with E-state index < -0.39 is 0 Å². The highest BCUT2D eigenvalue weighted by Crippen LogP contribution is 2.30. The predicted molar refractivity (Wildman–Crippen MR) is 76.2 cm³/mol. The molecular weight excluding hydrogens is 232 g/mol. The highest BCUT2D eigenvalue weighted by atomic mass is 32.2. The van der Waals surface area contributed by atoms with Crippen LogP contribution in [0.4, 0.5) is 11.4 Å². The van der Waals surface area contributed by atoms with Crippen LogP contribution in [0.2, 0.25) is 0 Å². The Labute approximate surface area is 107 Å². The van der Waals surface area contributed by atoms with E-state index in [1.165, 1.54) is 11.4 Å². The largest absolute Gasteiger partial charge is 0.492 e. The third-order valence-corrected chi connectivity index (χ3v) is 4.04. The molecule has 0 aliphatic carbocycles. The molecule has 1 saturated heterocycles. The number of nitrogen functional groups attached to an aromatic ring is 1. The van der Waals surface area contributed by atoms with Crippen LogP contribution in [0.1, 0.15) is 13.8 Å². The summed E-state index contributed by atoms with van der Waals surface area (Å²) in [7, 11) is 0. The van der Waals surface area contributed by atoms with Crippen molar-refractivity contribution in [1.82, 2.24) is 0 Å². The van der Waals surface area contributed by atoms with Gasteiger partial charge in [-0.3, -0.25) is 0 Å². The van der Waals surface area contributed by atoms with E-state index in [0.29, 0.717) is 11.9 Å². The van der Waals surface area contributed by atoms with Crippen molar-refractivity contribution in [3.63, 3.8) is 0 Å². The molecular formula is C13H20N2OS. The van der Waals surface area contributed by atoms with E-state index in [-0.39, 0.29) is 0 Å². The van der Waals surface area contributed by atoms with E-state index in [1.54, 1.807) is 0 Å². The SMILES string of the molecule is CCOc1cc(N2CCSC(C)C2)ccc1N. The lowest BCUT2D eigenvalue weighted by Crippen LogP contribution is -2.36. The summed E-state index contributed by atoms with van der Waals surface area (Å²) < 4.78 is 5.54. The maximum atomic E-state index is 5.88. The van der Waals surface area contributed by atoms with Gasteiger partial charge in [-0.25, -0.2) is 0 Å². The lowest BCUT2D eigenvalue weighted by Gasteiger charge is -2.32. The molecule has 0 amide bonds. The lowest BCUT2D eigenvalue weighted by atomic mass is 10.2. The second-order valence-electron chi connectivity index (χ2n) is 4.28. The molecule has 2 N–H and O–H groups in total. The van der Waals surface area contributed by atoms with Crippen LogP contribution in [0.3, 0.4) is 0 Å². The van der Waals surface area contributed by atoms with Crippen molar-refractivity contribution in [2.45, 2.75) is 19.1 Å². The summed E-state index contributed by atoms with van der Waals surface area (Å²) in [6.45, 7) is 7.11. The molecule has 2 rings (SSSR count). The molecule has 17 heavy (non-hydrogen) atoms. The fourth-order valence-electron chi connectivity index (χ4n) is 2.05. The first kappa shape index (κ1) is 12.4. The molecule has 0 aromatic heterocycles. The van der Waals surface area contributed by atoms with Gasteiger partial charge in [0.15, 0.2) is 0 Å². The van der Waals surface area contributed by atoms with Gasteiger partial charge in [-0.2, -0.15) is 11.8 Å². The number of hydrogen-bond acceptors (Lipinski definition) is 4. The normalized spacial score (nSPS) is 20.4. The Hall–Kier alpha value is -1.03. The summed E-state index contributed by atoms with van der Waals surface area (Å²) in [4.78, 5) is 2.41. The first-order valence-corrected chi connectivity index (χ1v) is 7.14. The minimum atomic E-state index is 0.653. The van der Waals surface area contributed by atoms with Gasteiger partial charge in [0, 0.05) is 35.8 Å². The van der Waals surface area contributed by atoms with Gasteiger partial charge >= 0.3 is 0 Å². The monoisotopic (exact) mass is 252 g/mol. The van der Waals surface area contributed by atoms with Crippen LogP contribution in [0.15, 0.2) is 18.2 Å². The maximum absolute atomic E-state index is 5.88. The van der Waals surface area contributed by atoms with Crippen LogP contribution in [0.25, 0.3) is 0 Å². The van der Waals surface area contributed by atoms with Crippen LogP contribution in [0, 0.1) is 0 Å². The van der Waals surface area contributed by atoms with Gasteiger partial charge in [-0.1, -0.05) is 6.92 Å². The van der Waals surface area contributed by atoms with Gasteiger partial charge in [0.05, 0.1) is 12.3 Å². The summed E-state index contributed by atoms with van der Waals surface area (Å²) in [5.74, 6) is 1.99. The minimum absolute atomic E-state index is 0.653. The van der Waals surface area contributed by atoms with Gasteiger partial charge in [-0.15, -0.1) is 0 Å². The van der Waals surface area contributed by atoms with Crippen molar-refractivity contribution < 1.29 is 4.74 Å². The topological polar surface area (TPSA) is 38.5 Å². The zero-order chi connectivity index (χ0) is 12.3. The van der Waals surface area contributed by atoms with Gasteiger partial charge in [-0.05, 0) is 19.1 Å². The molecule has 0 bridgehead atoms. The molecule has 1 unspecified atom stereocenters. The third kappa shape index (κ3) is 3.00. The summed E-state index contributed by atoms with van der Waals surface area (Å²) in [6, 6.07) is 6.08. The quantitative estimate of drug-likeness (QED) is 0.839. The Morgan fingerprint density at radius 2 is 2.35 bits per heavy atom. The van der Waals surface area contributed by atoms with E-state index >= 15 is 0 Å². The first-order chi connectivity index (χ1) is 8.20. The number of anilines is 2. The number of nitrogens with zero attached hydrogens (tertiary/aromatic N) is 1. The molecule has 0 radical (unpaired) electrons. The van der Waals surface area contributed by atoms with Gasteiger partial charge in [0.25, 0.3) is 0 Å². The molecule has 1 atom stereocenters. The number of hydrogen-bond donors (Lipinski definition) is 1. The van der Waals surface area contributed by atoms with E-state index in [1.807, 2.05) is 24.8 Å². The number of thioether (sulfide) groups is 1. The van der Waals surface area contributed by atoms with Gasteiger partial charge in [0.1, 0.15) is 5.75 Å². The van der Waals surface area contributed by atoms with Crippen molar-refractivity contribution >= 4 is 23.1 Å². The third-order valence-electron chi connectivity index (χ3n) is 2.90. The van der Waals surface area contributed by atoms with Crippen molar-refractivity contribution in [2.75, 3.05) is 36.1 Å². The predicted octanol–water partition coefficient (Wildman–Crippen LogP) is 2.61. The molecule has 1 aromatic carbocycles. The first-order valence-electron chi connectivity index (χ1n) is 6.09. The molecule has 1 heterocycles. The molecule has 1 aliphatic heterocycles. The Kier molecular flexibility index (Phi) is 4.05.